The first-order valence-corrected chi connectivity index (χ1v) is 3.99. The van der Waals surface area contributed by atoms with Crippen LogP contribution in [0.5, 0.6) is 0 Å². The molecule has 1 atom stereocenters. The number of hydrogen-bond donors (Lipinski definition) is 4. The molecule has 5 N–H and O–H groups in total. The number of nitrogens with one attached hydrogen (secondary N) is 1. The predicted molar refractivity (Wildman–Crippen MR) is 47.3 cm³/mol. The van der Waals surface area contributed by atoms with E-state index in [0.717, 1.165) is 4.57 Å². The van der Waals surface area contributed by atoms with Crippen molar-refractivity contribution in [3.05, 3.63) is 30.1 Å². The summed E-state index contributed by atoms with van der Waals surface area (Å²) >= 11 is 0. The van der Waals surface area contributed by atoms with Crippen LogP contribution in [0.15, 0.2) is 24.5 Å². The Morgan fingerprint density at radius 2 is 2.20 bits per heavy atom. The van der Waals surface area contributed by atoms with Gasteiger partial charge in [-0.05, 0) is 12.1 Å². The fraction of sp³-hybridized carbons (Fsp3) is 0.125. The standard InChI is InChI=1S/C8H9N3O4/c9-10-8(15)11-3-1-2-5(4-11)6(12)7(13)14/h1-4,6,12H,9H2,(H-,10,13,14,15)/p+1. The lowest BCUT2D eigenvalue weighted by Crippen LogP contribution is -2.52. The molecule has 7 nitrogen and oxygen atoms in total. The molecule has 1 unspecified atom stereocenters. The molecule has 0 saturated carbocycles. The van der Waals surface area contributed by atoms with Gasteiger partial charge in [0.1, 0.15) is 6.20 Å². The fourth-order valence-corrected chi connectivity index (χ4v) is 0.999. The van der Waals surface area contributed by atoms with E-state index in [0.29, 0.717) is 0 Å². The summed E-state index contributed by atoms with van der Waals surface area (Å²) in [5, 5.41) is 17.7. The second-order valence-corrected chi connectivity index (χ2v) is 2.73. The molecule has 1 aromatic heterocycles. The fourth-order valence-electron chi connectivity index (χ4n) is 0.999. The molecule has 0 bridgehead atoms. The summed E-state index contributed by atoms with van der Waals surface area (Å²) in [5.74, 6) is 3.50. The molecule has 0 aliphatic carbocycles. The van der Waals surface area contributed by atoms with Crippen LogP contribution >= 0.6 is 0 Å². The molecule has 0 aromatic carbocycles. The summed E-state index contributed by atoms with van der Waals surface area (Å²) in [7, 11) is 0. The normalized spacial score (nSPS) is 11.9. The van der Waals surface area contributed by atoms with E-state index in [9.17, 15) is 14.7 Å². The van der Waals surface area contributed by atoms with Crippen LogP contribution in [0.25, 0.3) is 0 Å². The van der Waals surface area contributed by atoms with Crippen molar-refractivity contribution in [1.29, 1.82) is 0 Å². The van der Waals surface area contributed by atoms with Crippen molar-refractivity contribution in [3.8, 4) is 0 Å². The van der Waals surface area contributed by atoms with Gasteiger partial charge in [-0.25, -0.2) is 4.79 Å². The van der Waals surface area contributed by atoms with E-state index in [-0.39, 0.29) is 5.56 Å². The van der Waals surface area contributed by atoms with Crippen molar-refractivity contribution >= 4 is 12.0 Å². The first-order chi connectivity index (χ1) is 7.06. The highest BCUT2D eigenvalue weighted by molar-refractivity contribution is 5.73. The lowest BCUT2D eigenvalue weighted by atomic mass is 10.2. The molecule has 1 aromatic rings. The maximum atomic E-state index is 11.1. The van der Waals surface area contributed by atoms with Crippen LogP contribution in [0.4, 0.5) is 4.79 Å². The Balaban J connectivity index is 3.02. The molecule has 0 fully saturated rings. The number of hydrogen-bond acceptors (Lipinski definition) is 4. The molecule has 80 valence electrons. The van der Waals surface area contributed by atoms with Gasteiger partial charge in [0.15, 0.2) is 6.10 Å². The average molecular weight is 212 g/mol. The molecule has 0 saturated heterocycles. The molecule has 15 heavy (non-hydrogen) atoms. The number of nitrogens with two attached hydrogens (primary N) is 1. The molecular weight excluding hydrogens is 202 g/mol. The van der Waals surface area contributed by atoms with Gasteiger partial charge in [0.25, 0.3) is 0 Å². The van der Waals surface area contributed by atoms with Gasteiger partial charge in [-0.2, -0.15) is 20.6 Å². The third-order valence-electron chi connectivity index (χ3n) is 1.73. The lowest BCUT2D eigenvalue weighted by molar-refractivity contribution is -0.572. The third-order valence-corrected chi connectivity index (χ3v) is 1.73. The van der Waals surface area contributed by atoms with Crippen LogP contribution < -0.4 is 15.8 Å². The minimum Gasteiger partial charge on any atom is -0.479 e. The molecule has 0 aliphatic rings. The highest BCUT2D eigenvalue weighted by atomic mass is 16.4. The Bertz CT molecular complexity index is 393. The number of nitrogen functional groups attached to an aromatic ring is 1. The van der Waals surface area contributed by atoms with E-state index < -0.39 is 18.1 Å². The summed E-state index contributed by atoms with van der Waals surface area (Å²) in [6, 6.07) is 2.19. The zero-order chi connectivity index (χ0) is 11.4. The highest BCUT2D eigenvalue weighted by Gasteiger charge is 2.19. The topological polar surface area (TPSA) is 117 Å². The van der Waals surface area contributed by atoms with Gasteiger partial charge in [-0.3, -0.25) is 0 Å². The molecule has 0 spiro atoms. The summed E-state index contributed by atoms with van der Waals surface area (Å²) in [6.45, 7) is 0. The Morgan fingerprint density at radius 1 is 1.53 bits per heavy atom. The zero-order valence-electron chi connectivity index (χ0n) is 7.62. The van der Waals surface area contributed by atoms with Gasteiger partial charge in [0.05, 0.1) is 6.20 Å². The van der Waals surface area contributed by atoms with E-state index >= 15 is 0 Å². The monoisotopic (exact) mass is 212 g/mol. The maximum absolute atomic E-state index is 11.1. The van der Waals surface area contributed by atoms with Crippen LogP contribution in [0.1, 0.15) is 11.7 Å². The van der Waals surface area contributed by atoms with Crippen LogP contribution in [0, 0.1) is 0 Å². The van der Waals surface area contributed by atoms with Crippen LogP contribution in [-0.2, 0) is 4.79 Å². The van der Waals surface area contributed by atoms with E-state index in [1.54, 1.807) is 0 Å². The number of carboxylic acid groups (broad SMARTS) is 1. The van der Waals surface area contributed by atoms with Gasteiger partial charge in [-0.1, -0.05) is 0 Å². The Kier molecular flexibility index (Phi) is 3.32. The first-order valence-electron chi connectivity index (χ1n) is 3.99. The molecular formula is C8H10N3O4+. The minimum atomic E-state index is -1.66. The largest absolute Gasteiger partial charge is 0.513 e. The Hall–Kier alpha value is -1.99. The molecule has 7 heteroatoms. The van der Waals surface area contributed by atoms with Gasteiger partial charge in [0, 0.05) is 5.56 Å². The van der Waals surface area contributed by atoms with Crippen LogP contribution in [0.3, 0.4) is 0 Å². The summed E-state index contributed by atoms with van der Waals surface area (Å²) in [5.41, 5.74) is 1.96. The quantitative estimate of drug-likeness (QED) is 0.206. The van der Waals surface area contributed by atoms with Crippen LogP contribution in [-0.4, -0.2) is 22.2 Å². The number of aliphatic hydroxyl groups excluding tert-OH is 1. The first kappa shape index (κ1) is 11.1. The van der Waals surface area contributed by atoms with E-state index in [2.05, 4.69) is 0 Å². The van der Waals surface area contributed by atoms with E-state index in [1.807, 2.05) is 5.43 Å². The molecule has 1 amide bonds. The second-order valence-electron chi connectivity index (χ2n) is 2.73. The molecule has 1 heterocycles. The number of carboxylic acids is 1. The van der Waals surface area contributed by atoms with Crippen molar-refractivity contribution in [3.63, 3.8) is 0 Å². The number of carbonyl (C=O) groups excluding carboxylic acids is 1. The van der Waals surface area contributed by atoms with Crippen LogP contribution in [0.2, 0.25) is 0 Å². The number of nitrogens with zero attached hydrogens (tertiary/aromatic N) is 1. The van der Waals surface area contributed by atoms with Crippen molar-refractivity contribution in [2.24, 2.45) is 5.84 Å². The number of aliphatic hydroxyl groups is 1. The van der Waals surface area contributed by atoms with Gasteiger partial charge in [-0.15, -0.1) is 0 Å². The highest BCUT2D eigenvalue weighted by Crippen LogP contribution is 2.09. The summed E-state index contributed by atoms with van der Waals surface area (Å²) in [6.07, 6.45) is 0.893. The minimum absolute atomic E-state index is 0.0913. The van der Waals surface area contributed by atoms with Gasteiger partial charge in [0.2, 0.25) is 0 Å². The molecule has 1 rings (SSSR count). The van der Waals surface area contributed by atoms with Crippen molar-refractivity contribution in [2.75, 3.05) is 0 Å². The number of pyridine rings is 1. The Labute approximate surface area is 84.7 Å². The molecule has 0 radical (unpaired) electrons. The number of rotatable bonds is 2. The second kappa shape index (κ2) is 4.49. The smallest absolute Gasteiger partial charge is 0.479 e. The Morgan fingerprint density at radius 3 is 2.73 bits per heavy atom. The number of carbonyl (C=O) groups is 2. The number of aromatic nitrogens is 1. The predicted octanol–water partition coefficient (Wildman–Crippen LogP) is -1.48. The van der Waals surface area contributed by atoms with Crippen molar-refractivity contribution < 1.29 is 24.4 Å². The van der Waals surface area contributed by atoms with E-state index in [4.69, 9.17) is 10.9 Å². The number of aliphatic carboxylic acids is 1. The van der Waals surface area contributed by atoms with Gasteiger partial charge < -0.3 is 10.2 Å². The SMILES string of the molecule is NNC(=O)[n+]1cccc(C(O)C(=O)O)c1. The van der Waals surface area contributed by atoms with Crippen molar-refractivity contribution in [1.82, 2.24) is 5.43 Å². The van der Waals surface area contributed by atoms with Gasteiger partial charge >= 0.3 is 12.0 Å². The molecule has 0 aliphatic heterocycles. The number of hydrazine groups is 1. The summed E-state index contributed by atoms with van der Waals surface area (Å²) < 4.78 is 1.03. The van der Waals surface area contributed by atoms with Crippen molar-refractivity contribution in [2.45, 2.75) is 6.10 Å². The third kappa shape index (κ3) is 2.48. The number of amides is 1. The summed E-state index contributed by atoms with van der Waals surface area (Å²) in [4.78, 5) is 21.5. The zero-order valence-corrected chi connectivity index (χ0v) is 7.62. The maximum Gasteiger partial charge on any atom is 0.513 e. The average Bonchev–Trinajstić information content (AvgIpc) is 2.27. The van der Waals surface area contributed by atoms with E-state index in [1.165, 1.54) is 24.5 Å². The lowest BCUT2D eigenvalue weighted by Gasteiger charge is -2.04.